The second-order valence-electron chi connectivity index (χ2n) is 7.09. The largest absolute Gasteiger partial charge is 0.383 e. The average Bonchev–Trinajstić information content (AvgIpc) is 3.35. The van der Waals surface area contributed by atoms with Crippen molar-refractivity contribution in [2.75, 3.05) is 33.4 Å². The number of ether oxygens (including phenoxy) is 2. The van der Waals surface area contributed by atoms with Crippen LogP contribution in [0.5, 0.6) is 0 Å². The Labute approximate surface area is 174 Å². The number of likely N-dealkylation sites (tertiary alicyclic amines) is 1. The van der Waals surface area contributed by atoms with Crippen molar-refractivity contribution in [2.24, 2.45) is 0 Å². The molecule has 162 valence electrons. The molecule has 2 aromatic rings. The topological polar surface area (TPSA) is 98.6 Å². The average molecular weight is 419 g/mol. The number of carbonyl (C=O) groups is 2. The van der Waals surface area contributed by atoms with Crippen molar-refractivity contribution in [1.82, 2.24) is 25.2 Å². The van der Waals surface area contributed by atoms with E-state index in [2.05, 4.69) is 15.6 Å². The van der Waals surface area contributed by atoms with Gasteiger partial charge in [-0.1, -0.05) is 35.5 Å². The predicted octanol–water partition coefficient (Wildman–Crippen LogP) is 0.810. The van der Waals surface area contributed by atoms with E-state index in [1.165, 1.54) is 15.8 Å². The predicted molar refractivity (Wildman–Crippen MR) is 105 cm³/mol. The van der Waals surface area contributed by atoms with Gasteiger partial charge in [-0.25, -0.2) is 9.07 Å². The number of rotatable bonds is 10. The van der Waals surface area contributed by atoms with Crippen molar-refractivity contribution in [2.45, 2.75) is 31.8 Å². The maximum atomic E-state index is 14.0. The monoisotopic (exact) mass is 419 g/mol. The lowest BCUT2D eigenvalue weighted by atomic mass is 10.2. The van der Waals surface area contributed by atoms with Gasteiger partial charge in [0.15, 0.2) is 5.69 Å². The Bertz CT molecular complexity index is 832. The van der Waals surface area contributed by atoms with Gasteiger partial charge in [0, 0.05) is 20.1 Å². The minimum absolute atomic E-state index is 0.0251. The molecule has 30 heavy (non-hydrogen) atoms. The van der Waals surface area contributed by atoms with E-state index in [-0.39, 0.29) is 49.7 Å². The first-order chi connectivity index (χ1) is 14.6. The molecule has 1 aliphatic rings. The van der Waals surface area contributed by atoms with Crippen LogP contribution in [-0.4, -0.2) is 77.3 Å². The Morgan fingerprint density at radius 3 is 2.87 bits per heavy atom. The number of hydrogen-bond acceptors (Lipinski definition) is 6. The number of hydrogen-bond donors (Lipinski definition) is 1. The van der Waals surface area contributed by atoms with Crippen LogP contribution in [0.1, 0.15) is 22.5 Å². The molecule has 1 aromatic heterocycles. The van der Waals surface area contributed by atoms with Crippen LogP contribution in [-0.2, 0) is 27.4 Å². The van der Waals surface area contributed by atoms with Gasteiger partial charge in [0.1, 0.15) is 12.8 Å². The van der Waals surface area contributed by atoms with Crippen LogP contribution in [0.3, 0.4) is 0 Å². The Balaban J connectivity index is 1.52. The molecule has 0 saturated carbocycles. The molecule has 2 heterocycles. The Morgan fingerprint density at radius 1 is 1.30 bits per heavy atom. The third kappa shape index (κ3) is 6.07. The lowest BCUT2D eigenvalue weighted by Gasteiger charge is -2.24. The molecule has 2 atom stereocenters. The molecule has 1 aliphatic heterocycles. The van der Waals surface area contributed by atoms with E-state index in [0.29, 0.717) is 19.8 Å². The fraction of sp³-hybridized carbons (Fsp3) is 0.500. The van der Waals surface area contributed by atoms with Gasteiger partial charge in [0.25, 0.3) is 5.91 Å². The number of carbonyl (C=O) groups excluding carboxylic acids is 2. The fourth-order valence-corrected chi connectivity index (χ4v) is 3.32. The standard InChI is InChI=1S/C20H26FN5O4/c1-29-8-7-22-20(28)18-12-25(24-23-18)11-17-9-16(21)10-26(17)19(27)14-30-13-15-5-3-2-4-6-15/h2-6,12,16-17H,7-11,13-14H2,1H3,(H,22,28)/t16-,17-/m0/s1. The number of alkyl halides is 1. The molecule has 1 fully saturated rings. The molecule has 10 heteroatoms. The van der Waals surface area contributed by atoms with Crippen molar-refractivity contribution in [3.8, 4) is 0 Å². The maximum Gasteiger partial charge on any atom is 0.273 e. The van der Waals surface area contributed by atoms with Crippen LogP contribution < -0.4 is 5.32 Å². The van der Waals surface area contributed by atoms with Gasteiger partial charge >= 0.3 is 0 Å². The Kier molecular flexibility index (Phi) is 7.86. The van der Waals surface area contributed by atoms with E-state index in [1.54, 1.807) is 7.11 Å². The fourth-order valence-electron chi connectivity index (χ4n) is 3.32. The summed E-state index contributed by atoms with van der Waals surface area (Å²) in [5, 5.41) is 10.4. The summed E-state index contributed by atoms with van der Waals surface area (Å²) < 4.78 is 25.9. The number of amides is 2. The first-order valence-electron chi connectivity index (χ1n) is 9.79. The van der Waals surface area contributed by atoms with Crippen LogP contribution in [0.4, 0.5) is 4.39 Å². The van der Waals surface area contributed by atoms with Crippen molar-refractivity contribution < 1.29 is 23.5 Å². The van der Waals surface area contributed by atoms with E-state index in [9.17, 15) is 14.0 Å². The van der Waals surface area contributed by atoms with Gasteiger partial charge in [0.2, 0.25) is 5.91 Å². The summed E-state index contributed by atoms with van der Waals surface area (Å²) in [6.45, 7) is 1.22. The third-order valence-corrected chi connectivity index (χ3v) is 4.78. The summed E-state index contributed by atoms with van der Waals surface area (Å²) in [6.07, 6.45) is 0.593. The zero-order valence-electron chi connectivity index (χ0n) is 16.9. The van der Waals surface area contributed by atoms with Gasteiger partial charge in [0.05, 0.1) is 38.5 Å². The molecule has 2 amide bonds. The normalized spacial score (nSPS) is 18.5. The number of nitrogens with one attached hydrogen (secondary N) is 1. The van der Waals surface area contributed by atoms with E-state index in [0.717, 1.165) is 5.56 Å². The highest BCUT2D eigenvalue weighted by Gasteiger charge is 2.35. The highest BCUT2D eigenvalue weighted by Crippen LogP contribution is 2.22. The number of methoxy groups -OCH3 is 1. The van der Waals surface area contributed by atoms with Crippen molar-refractivity contribution in [3.05, 3.63) is 47.8 Å². The van der Waals surface area contributed by atoms with Gasteiger partial charge in [-0.3, -0.25) is 9.59 Å². The first kappa shape index (κ1) is 21.8. The van der Waals surface area contributed by atoms with Crippen LogP contribution in [0.2, 0.25) is 0 Å². The van der Waals surface area contributed by atoms with Crippen molar-refractivity contribution in [1.29, 1.82) is 0 Å². The molecule has 0 spiro atoms. The summed E-state index contributed by atoms with van der Waals surface area (Å²) in [6, 6.07) is 9.15. The number of nitrogens with zero attached hydrogens (tertiary/aromatic N) is 4. The quantitative estimate of drug-likeness (QED) is 0.573. The number of benzene rings is 1. The number of halogens is 1. The summed E-state index contributed by atoms with van der Waals surface area (Å²) in [5.74, 6) is -0.635. The van der Waals surface area contributed by atoms with Crippen LogP contribution in [0, 0.1) is 0 Å². The SMILES string of the molecule is COCCNC(=O)c1cn(C[C@@H]2C[C@H](F)CN2C(=O)COCc2ccccc2)nn1. The lowest BCUT2D eigenvalue weighted by Crippen LogP contribution is -2.40. The van der Waals surface area contributed by atoms with E-state index < -0.39 is 6.17 Å². The first-order valence-corrected chi connectivity index (χ1v) is 9.79. The molecule has 1 N–H and O–H groups in total. The van der Waals surface area contributed by atoms with E-state index in [1.807, 2.05) is 30.3 Å². The molecule has 1 aromatic carbocycles. The summed E-state index contributed by atoms with van der Waals surface area (Å²) in [4.78, 5) is 26.0. The van der Waals surface area contributed by atoms with Gasteiger partial charge in [-0.15, -0.1) is 5.10 Å². The second-order valence-corrected chi connectivity index (χ2v) is 7.09. The van der Waals surface area contributed by atoms with Crippen molar-refractivity contribution >= 4 is 11.8 Å². The number of aromatic nitrogens is 3. The van der Waals surface area contributed by atoms with Gasteiger partial charge < -0.3 is 19.7 Å². The lowest BCUT2D eigenvalue weighted by molar-refractivity contribution is -0.137. The molecule has 1 saturated heterocycles. The summed E-state index contributed by atoms with van der Waals surface area (Å²) in [5.41, 5.74) is 1.12. The molecule has 3 rings (SSSR count). The highest BCUT2D eigenvalue weighted by atomic mass is 19.1. The second kappa shape index (κ2) is 10.8. The van der Waals surface area contributed by atoms with Crippen LogP contribution in [0.15, 0.2) is 36.5 Å². The molecule has 0 aliphatic carbocycles. The maximum absolute atomic E-state index is 14.0. The Hall–Kier alpha value is -2.85. The zero-order chi connectivity index (χ0) is 21.3. The molecule has 0 radical (unpaired) electrons. The van der Waals surface area contributed by atoms with Gasteiger partial charge in [-0.2, -0.15) is 0 Å². The minimum Gasteiger partial charge on any atom is -0.383 e. The van der Waals surface area contributed by atoms with Crippen LogP contribution >= 0.6 is 0 Å². The summed E-state index contributed by atoms with van der Waals surface area (Å²) in [7, 11) is 1.54. The molecular formula is C20H26FN5O4. The Morgan fingerprint density at radius 2 is 2.10 bits per heavy atom. The highest BCUT2D eigenvalue weighted by molar-refractivity contribution is 5.91. The van der Waals surface area contributed by atoms with Crippen LogP contribution in [0.25, 0.3) is 0 Å². The van der Waals surface area contributed by atoms with Crippen molar-refractivity contribution in [3.63, 3.8) is 0 Å². The van der Waals surface area contributed by atoms with E-state index in [4.69, 9.17) is 9.47 Å². The molecular weight excluding hydrogens is 393 g/mol. The smallest absolute Gasteiger partial charge is 0.273 e. The summed E-state index contributed by atoms with van der Waals surface area (Å²) >= 11 is 0. The van der Waals surface area contributed by atoms with E-state index >= 15 is 0 Å². The molecule has 9 nitrogen and oxygen atoms in total. The molecule has 0 bridgehead atoms. The molecule has 0 unspecified atom stereocenters. The minimum atomic E-state index is -1.10. The van der Waals surface area contributed by atoms with Gasteiger partial charge in [-0.05, 0) is 5.56 Å². The third-order valence-electron chi connectivity index (χ3n) is 4.78. The zero-order valence-corrected chi connectivity index (χ0v) is 16.9.